The van der Waals surface area contributed by atoms with Gasteiger partial charge in [0.05, 0.1) is 6.20 Å². The zero-order chi connectivity index (χ0) is 31.5. The van der Waals surface area contributed by atoms with E-state index in [2.05, 4.69) is 47.3 Å². The van der Waals surface area contributed by atoms with Crippen LogP contribution in [0.4, 0.5) is 0 Å². The van der Waals surface area contributed by atoms with Crippen molar-refractivity contribution in [3.8, 4) is 0 Å². The van der Waals surface area contributed by atoms with Crippen molar-refractivity contribution in [1.82, 2.24) is 44.6 Å². The van der Waals surface area contributed by atoms with Crippen LogP contribution in [0.25, 0.3) is 22.1 Å². The van der Waals surface area contributed by atoms with Crippen LogP contribution in [0.15, 0.2) is 96.4 Å². The van der Waals surface area contributed by atoms with E-state index in [-0.39, 0.29) is 11.6 Å². The fourth-order valence-electron chi connectivity index (χ4n) is 5.78. The Bertz CT molecular complexity index is 2080. The minimum absolute atomic E-state index is 0.129. The first-order valence-corrected chi connectivity index (χ1v) is 15.1. The van der Waals surface area contributed by atoms with Crippen molar-refractivity contribution < 1.29 is 9.59 Å². The van der Waals surface area contributed by atoms with E-state index in [4.69, 9.17) is 0 Å². The molecule has 12 heteroatoms. The maximum atomic E-state index is 13.4. The second-order valence-corrected chi connectivity index (χ2v) is 11.3. The number of carbonyl (C=O) groups is 2. The van der Waals surface area contributed by atoms with E-state index >= 15 is 0 Å². The summed E-state index contributed by atoms with van der Waals surface area (Å²) in [6.07, 6.45) is 6.31. The Morgan fingerprint density at radius 1 is 0.848 bits per heavy atom. The fourth-order valence-corrected chi connectivity index (χ4v) is 5.78. The number of fused-ring (bicyclic) bond motifs is 2. The van der Waals surface area contributed by atoms with Crippen molar-refractivity contribution in [2.45, 2.75) is 19.6 Å². The molecule has 1 aliphatic rings. The Morgan fingerprint density at radius 3 is 2.39 bits per heavy atom. The molecule has 4 aromatic heterocycles. The van der Waals surface area contributed by atoms with Gasteiger partial charge in [-0.15, -0.1) is 0 Å². The number of aromatic nitrogens is 6. The van der Waals surface area contributed by atoms with E-state index in [0.29, 0.717) is 56.1 Å². The lowest BCUT2D eigenvalue weighted by Gasteiger charge is -2.34. The number of aromatic amines is 1. The lowest BCUT2D eigenvalue weighted by atomic mass is 10.1. The first-order chi connectivity index (χ1) is 22.5. The smallest absolute Gasteiger partial charge is 0.281 e. The molecule has 0 atom stereocenters. The Labute approximate surface area is 263 Å². The highest BCUT2D eigenvalue weighted by molar-refractivity contribution is 5.99. The molecule has 1 aliphatic heterocycles. The zero-order valence-electron chi connectivity index (χ0n) is 25.0. The van der Waals surface area contributed by atoms with Gasteiger partial charge in [-0.05, 0) is 41.0 Å². The third-order valence-electron chi connectivity index (χ3n) is 8.25. The van der Waals surface area contributed by atoms with Gasteiger partial charge in [-0.3, -0.25) is 24.3 Å². The minimum Gasteiger partial charge on any atom is -0.347 e. The molecule has 5 heterocycles. The van der Waals surface area contributed by atoms with Gasteiger partial charge >= 0.3 is 0 Å². The fraction of sp³-hybridized carbons (Fsp3) is 0.206. The molecule has 0 aliphatic carbocycles. The molecule has 0 radical (unpaired) electrons. The van der Waals surface area contributed by atoms with Gasteiger partial charge < -0.3 is 19.8 Å². The van der Waals surface area contributed by atoms with Gasteiger partial charge in [0, 0.05) is 69.1 Å². The number of H-pyrrole nitrogens is 1. The van der Waals surface area contributed by atoms with E-state index in [0.717, 1.165) is 34.1 Å². The molecule has 2 aromatic carbocycles. The van der Waals surface area contributed by atoms with Gasteiger partial charge in [0.2, 0.25) is 0 Å². The Balaban J connectivity index is 0.940. The van der Waals surface area contributed by atoms with Crippen LogP contribution in [-0.4, -0.2) is 77.3 Å². The van der Waals surface area contributed by atoms with Crippen LogP contribution in [-0.2, 0) is 19.6 Å². The third kappa shape index (κ3) is 6.10. The summed E-state index contributed by atoms with van der Waals surface area (Å²) in [6.45, 7) is 4.04. The second-order valence-electron chi connectivity index (χ2n) is 11.3. The maximum absolute atomic E-state index is 13.4. The van der Waals surface area contributed by atoms with Crippen LogP contribution >= 0.6 is 0 Å². The molecule has 2 amide bonds. The molecule has 1 fully saturated rings. The number of amides is 2. The molecular weight excluding hydrogens is 582 g/mol. The third-order valence-corrected chi connectivity index (χ3v) is 8.25. The zero-order valence-corrected chi connectivity index (χ0v) is 25.0. The van der Waals surface area contributed by atoms with Gasteiger partial charge in [-0.25, -0.2) is 15.0 Å². The summed E-state index contributed by atoms with van der Waals surface area (Å²) in [4.78, 5) is 61.7. The van der Waals surface area contributed by atoms with Crippen molar-refractivity contribution >= 4 is 33.9 Å². The molecule has 0 saturated carbocycles. The number of hydrogen-bond donors (Lipinski definition) is 2. The Morgan fingerprint density at radius 2 is 1.59 bits per heavy atom. The highest BCUT2D eigenvalue weighted by Crippen LogP contribution is 2.22. The maximum Gasteiger partial charge on any atom is 0.281 e. The van der Waals surface area contributed by atoms with E-state index in [9.17, 15) is 14.4 Å². The van der Waals surface area contributed by atoms with Crippen molar-refractivity contribution in [2.24, 2.45) is 0 Å². The van der Waals surface area contributed by atoms with Gasteiger partial charge in [-0.2, -0.15) is 0 Å². The molecule has 46 heavy (non-hydrogen) atoms. The molecule has 2 N–H and O–H groups in total. The molecule has 12 nitrogen and oxygen atoms in total. The molecule has 0 spiro atoms. The van der Waals surface area contributed by atoms with E-state index < -0.39 is 11.5 Å². The van der Waals surface area contributed by atoms with Crippen LogP contribution in [0.5, 0.6) is 0 Å². The first kappa shape index (κ1) is 29.0. The number of pyridine rings is 1. The van der Waals surface area contributed by atoms with Crippen molar-refractivity contribution in [1.29, 1.82) is 0 Å². The Kier molecular flexibility index (Phi) is 8.00. The van der Waals surface area contributed by atoms with Crippen LogP contribution < -0.4 is 10.9 Å². The summed E-state index contributed by atoms with van der Waals surface area (Å²) < 4.78 is 2.04. The average molecular weight is 614 g/mol. The summed E-state index contributed by atoms with van der Waals surface area (Å²) in [5.41, 5.74) is 4.81. The predicted octanol–water partition coefficient (Wildman–Crippen LogP) is 3.00. The number of para-hydroxylation sites is 1. The number of carbonyl (C=O) groups excluding carboxylic acids is 2. The molecule has 6 aromatic rings. The number of nitrogens with zero attached hydrogens (tertiary/aromatic N) is 7. The largest absolute Gasteiger partial charge is 0.347 e. The number of hydrogen-bond acceptors (Lipinski definition) is 8. The Hall–Kier alpha value is -5.75. The van der Waals surface area contributed by atoms with E-state index in [1.165, 1.54) is 12.5 Å². The molecular formula is C34H31N9O3. The van der Waals surface area contributed by atoms with Crippen molar-refractivity contribution in [2.75, 3.05) is 26.2 Å². The van der Waals surface area contributed by atoms with Crippen molar-refractivity contribution in [3.05, 3.63) is 130 Å². The molecule has 0 unspecified atom stereocenters. The molecule has 230 valence electrons. The monoisotopic (exact) mass is 613 g/mol. The standard InChI is InChI=1S/C34H31N9O3/c44-32(29-17-26-3-1-2-4-28(26)43(29)21-25-9-11-35-12-10-25)37-18-23-5-7-24(8-6-23)20-41-13-15-42(16-14-41)34(46)30-33(45)40-31-27(39-30)19-36-22-38-31/h1-12,17,19,22H,13-16,18,20-21H2,(H,37,44)(H,36,38,40,45). The summed E-state index contributed by atoms with van der Waals surface area (Å²) in [5.74, 6) is -0.522. The number of piperazine rings is 1. The quantitative estimate of drug-likeness (QED) is 0.267. The summed E-state index contributed by atoms with van der Waals surface area (Å²) in [7, 11) is 0. The average Bonchev–Trinajstić information content (AvgIpc) is 3.46. The minimum atomic E-state index is -0.553. The number of benzene rings is 2. The van der Waals surface area contributed by atoms with Crippen LogP contribution in [0.3, 0.4) is 0 Å². The SMILES string of the molecule is O=C(NCc1ccc(CN2CCN(C(=O)c3nc4cncnc4[nH]c3=O)CC2)cc1)c1cc2ccccc2n1Cc1ccncc1. The van der Waals surface area contributed by atoms with Gasteiger partial charge in [0.1, 0.15) is 17.5 Å². The normalized spacial score (nSPS) is 13.7. The van der Waals surface area contributed by atoms with Crippen molar-refractivity contribution in [3.63, 3.8) is 0 Å². The highest BCUT2D eigenvalue weighted by Gasteiger charge is 2.25. The topological polar surface area (TPSA) is 142 Å². The summed E-state index contributed by atoms with van der Waals surface area (Å²) in [6, 6.07) is 22.1. The number of nitrogens with one attached hydrogen (secondary N) is 2. The van der Waals surface area contributed by atoms with E-state index in [1.54, 1.807) is 17.3 Å². The van der Waals surface area contributed by atoms with Gasteiger partial charge in [0.15, 0.2) is 11.3 Å². The van der Waals surface area contributed by atoms with Gasteiger partial charge in [-0.1, -0.05) is 42.5 Å². The second kappa shape index (κ2) is 12.7. The lowest BCUT2D eigenvalue weighted by molar-refractivity contribution is 0.0621. The summed E-state index contributed by atoms with van der Waals surface area (Å²) >= 11 is 0. The van der Waals surface area contributed by atoms with Crippen LogP contribution in [0, 0.1) is 0 Å². The number of rotatable bonds is 8. The van der Waals surface area contributed by atoms with Gasteiger partial charge in [0.25, 0.3) is 17.4 Å². The molecule has 0 bridgehead atoms. The molecule has 1 saturated heterocycles. The lowest BCUT2D eigenvalue weighted by Crippen LogP contribution is -2.49. The summed E-state index contributed by atoms with van der Waals surface area (Å²) in [5, 5.41) is 4.11. The van der Waals surface area contributed by atoms with E-state index in [1.807, 2.05) is 59.2 Å². The first-order valence-electron chi connectivity index (χ1n) is 15.1. The highest BCUT2D eigenvalue weighted by atomic mass is 16.2. The molecule has 7 rings (SSSR count). The van der Waals surface area contributed by atoms with Crippen LogP contribution in [0.1, 0.15) is 37.7 Å². The predicted molar refractivity (Wildman–Crippen MR) is 172 cm³/mol. The van der Waals surface area contributed by atoms with Crippen LogP contribution in [0.2, 0.25) is 0 Å².